The summed E-state index contributed by atoms with van der Waals surface area (Å²) in [6.07, 6.45) is -1.43. The average molecular weight is 539 g/mol. The molecule has 38 heavy (non-hydrogen) atoms. The number of alkyl halides is 3. The van der Waals surface area contributed by atoms with Gasteiger partial charge < -0.3 is 19.6 Å². The fourth-order valence-corrected chi connectivity index (χ4v) is 3.51. The van der Waals surface area contributed by atoms with Crippen LogP contribution in [-0.2, 0) is 22.7 Å². The third-order valence-corrected chi connectivity index (χ3v) is 5.68. The Morgan fingerprint density at radius 1 is 1.00 bits per heavy atom. The molecule has 1 fully saturated rings. The van der Waals surface area contributed by atoms with E-state index in [1.165, 1.54) is 17.7 Å². The predicted molar refractivity (Wildman–Crippen MR) is 136 cm³/mol. The van der Waals surface area contributed by atoms with E-state index in [0.29, 0.717) is 25.6 Å². The molecule has 0 aliphatic carbocycles. The fourth-order valence-electron chi connectivity index (χ4n) is 3.51. The second-order valence-corrected chi connectivity index (χ2v) is 9.58. The van der Waals surface area contributed by atoms with Crippen molar-refractivity contribution in [3.8, 4) is 5.75 Å². The van der Waals surface area contributed by atoms with Crippen molar-refractivity contribution in [2.24, 2.45) is 5.92 Å². The summed E-state index contributed by atoms with van der Waals surface area (Å²) in [5, 5.41) is 7.12. The van der Waals surface area contributed by atoms with E-state index in [0.717, 1.165) is 42.8 Å². The van der Waals surface area contributed by atoms with Gasteiger partial charge in [0, 0.05) is 32.3 Å². The van der Waals surface area contributed by atoms with Crippen LogP contribution in [0.15, 0.2) is 60.2 Å². The Bertz CT molecular complexity index is 1060. The second kappa shape index (κ2) is 14.5. The summed E-state index contributed by atoms with van der Waals surface area (Å²) in [5.41, 5.74) is 3.15. The maximum absolute atomic E-state index is 13.3. The quantitative estimate of drug-likeness (QED) is 0.346. The Labute approximate surface area is 220 Å². The van der Waals surface area contributed by atoms with Crippen LogP contribution < -0.4 is 4.74 Å². The van der Waals surface area contributed by atoms with Crippen LogP contribution in [0, 0.1) is 11.7 Å². The Balaban J connectivity index is 0.000000638. The number of hydrogen-bond donors (Lipinski definition) is 1. The van der Waals surface area contributed by atoms with Gasteiger partial charge in [-0.2, -0.15) is 13.2 Å². The van der Waals surface area contributed by atoms with E-state index < -0.39 is 12.1 Å². The number of aliphatic carboxylic acids is 1. The molecule has 0 bridgehead atoms. The van der Waals surface area contributed by atoms with Crippen LogP contribution in [0.2, 0.25) is 0 Å². The molecule has 6 nitrogen and oxygen atoms in total. The lowest BCUT2D eigenvalue weighted by atomic mass is 10.0. The first-order valence-electron chi connectivity index (χ1n) is 12.3. The molecule has 1 aliphatic rings. The van der Waals surface area contributed by atoms with Gasteiger partial charge in [-0.25, -0.2) is 9.18 Å². The highest BCUT2D eigenvalue weighted by atomic mass is 19.4. The van der Waals surface area contributed by atoms with E-state index in [1.54, 1.807) is 18.2 Å². The average Bonchev–Trinajstić information content (AvgIpc) is 2.85. The topological polar surface area (TPSA) is 70.1 Å². The lowest BCUT2D eigenvalue weighted by Crippen LogP contribution is -2.30. The van der Waals surface area contributed by atoms with Crippen molar-refractivity contribution >= 4 is 11.9 Å². The smallest absolute Gasteiger partial charge is 0.490 e. The van der Waals surface area contributed by atoms with Crippen molar-refractivity contribution in [3.63, 3.8) is 0 Å². The minimum Gasteiger partial charge on any atom is -0.493 e. The van der Waals surface area contributed by atoms with Crippen LogP contribution in [0.5, 0.6) is 5.75 Å². The lowest BCUT2D eigenvalue weighted by molar-refractivity contribution is -0.192. The van der Waals surface area contributed by atoms with Gasteiger partial charge in [-0.05, 0) is 61.2 Å². The van der Waals surface area contributed by atoms with Crippen molar-refractivity contribution in [2.45, 2.75) is 46.0 Å². The fraction of sp³-hybridized carbons (Fsp3) is 0.429. The molecule has 0 radical (unpaired) electrons. The van der Waals surface area contributed by atoms with E-state index in [-0.39, 0.29) is 11.7 Å². The van der Waals surface area contributed by atoms with Gasteiger partial charge in [0.15, 0.2) is 0 Å². The van der Waals surface area contributed by atoms with Gasteiger partial charge in [-0.15, -0.1) is 0 Å². The molecule has 0 aromatic heterocycles. The van der Waals surface area contributed by atoms with Crippen molar-refractivity contribution in [3.05, 3.63) is 77.1 Å². The normalized spacial score (nSPS) is 13.9. The number of carbonyl (C=O) groups is 2. The van der Waals surface area contributed by atoms with Gasteiger partial charge >= 0.3 is 12.1 Å². The first-order chi connectivity index (χ1) is 17.8. The molecule has 0 saturated carbocycles. The molecule has 1 N–H and O–H groups in total. The predicted octanol–water partition coefficient (Wildman–Crippen LogP) is 5.67. The zero-order valence-electron chi connectivity index (χ0n) is 21.8. The van der Waals surface area contributed by atoms with Gasteiger partial charge in [-0.3, -0.25) is 4.79 Å². The Morgan fingerprint density at radius 3 is 1.92 bits per heavy atom. The zero-order valence-corrected chi connectivity index (χ0v) is 21.8. The number of nitrogens with zero attached hydrogens (tertiary/aromatic N) is 2. The van der Waals surface area contributed by atoms with Crippen molar-refractivity contribution in [1.29, 1.82) is 0 Å². The monoisotopic (exact) mass is 538 g/mol. The van der Waals surface area contributed by atoms with Crippen LogP contribution >= 0.6 is 0 Å². The van der Waals surface area contributed by atoms with Gasteiger partial charge in [0.05, 0.1) is 6.61 Å². The Hall–Kier alpha value is -3.40. The number of carboxylic acid groups (broad SMARTS) is 1. The molecule has 0 atom stereocenters. The molecular weight excluding hydrogens is 504 g/mol. The third-order valence-electron chi connectivity index (χ3n) is 5.68. The van der Waals surface area contributed by atoms with Crippen LogP contribution in [0.25, 0.3) is 0 Å². The number of carbonyl (C=O) groups excluding carboxylic acids is 1. The third kappa shape index (κ3) is 11.3. The highest BCUT2D eigenvalue weighted by Crippen LogP contribution is 2.19. The maximum Gasteiger partial charge on any atom is 0.490 e. The van der Waals surface area contributed by atoms with Crippen molar-refractivity contribution in [1.82, 2.24) is 9.80 Å². The van der Waals surface area contributed by atoms with Crippen molar-refractivity contribution < 1.29 is 37.0 Å². The molecule has 10 heteroatoms. The molecule has 2 aromatic carbocycles. The molecule has 3 rings (SSSR count). The number of halogens is 4. The number of likely N-dealkylation sites (tertiary alicyclic amines) is 1. The minimum atomic E-state index is -5.08. The zero-order chi connectivity index (χ0) is 28.3. The van der Waals surface area contributed by atoms with E-state index in [2.05, 4.69) is 25.8 Å². The minimum absolute atomic E-state index is 0.00372. The highest BCUT2D eigenvalue weighted by Gasteiger charge is 2.38. The van der Waals surface area contributed by atoms with Crippen molar-refractivity contribution in [2.75, 3.05) is 26.7 Å². The summed E-state index contributed by atoms with van der Waals surface area (Å²) in [5.74, 6) is -1.72. The summed E-state index contributed by atoms with van der Waals surface area (Å²) in [4.78, 5) is 26.1. The molecule has 2 aromatic rings. The number of hydrogen-bond acceptors (Lipinski definition) is 4. The van der Waals surface area contributed by atoms with E-state index in [1.807, 2.05) is 29.2 Å². The number of ether oxygens (including phenoxy) is 1. The summed E-state index contributed by atoms with van der Waals surface area (Å²) in [7, 11) is 2.11. The van der Waals surface area contributed by atoms with Crippen LogP contribution in [0.1, 0.15) is 37.8 Å². The van der Waals surface area contributed by atoms with Gasteiger partial charge in [-0.1, -0.05) is 43.7 Å². The number of amides is 1. The molecular formula is C28H34F4N2O4. The summed E-state index contributed by atoms with van der Waals surface area (Å²) in [6, 6.07) is 14.3. The summed E-state index contributed by atoms with van der Waals surface area (Å²) >= 11 is 0. The van der Waals surface area contributed by atoms with Gasteiger partial charge in [0.25, 0.3) is 0 Å². The van der Waals surface area contributed by atoms with Crippen LogP contribution in [-0.4, -0.2) is 59.7 Å². The van der Waals surface area contributed by atoms with E-state index >= 15 is 0 Å². The molecule has 1 heterocycles. The molecule has 1 aliphatic heterocycles. The SMILES string of the molecule is CC(C)COc1ccc(CN(Cc2ccc(F)cc2)C(=O)C=C2CCN(C)CC2)cc1.O=C(O)C(F)(F)F. The molecule has 208 valence electrons. The molecule has 0 unspecified atom stereocenters. The van der Waals surface area contributed by atoms with Gasteiger partial charge in [0.1, 0.15) is 11.6 Å². The number of carboxylic acids is 1. The molecule has 1 saturated heterocycles. The number of piperidine rings is 1. The van der Waals surface area contributed by atoms with Crippen LogP contribution in [0.4, 0.5) is 17.6 Å². The van der Waals surface area contributed by atoms with E-state index in [4.69, 9.17) is 14.6 Å². The standard InChI is InChI=1S/C26H33FN2O2.C2HF3O2/c1-20(2)19-31-25-10-6-23(7-11-25)18-29(17-22-4-8-24(27)9-5-22)26(30)16-21-12-14-28(3)15-13-21;3-2(4,5)1(6)7/h4-11,16,20H,12-15,17-19H2,1-3H3;(H,6,7). The van der Waals surface area contributed by atoms with E-state index in [9.17, 15) is 22.4 Å². The summed E-state index contributed by atoms with van der Waals surface area (Å²) in [6.45, 7) is 7.80. The molecule has 0 spiro atoms. The number of benzene rings is 2. The lowest BCUT2D eigenvalue weighted by Gasteiger charge is -2.26. The van der Waals surface area contributed by atoms with Gasteiger partial charge in [0.2, 0.25) is 5.91 Å². The largest absolute Gasteiger partial charge is 0.493 e. The molecule has 1 amide bonds. The summed E-state index contributed by atoms with van der Waals surface area (Å²) < 4.78 is 50.8. The first kappa shape index (κ1) is 30.8. The maximum atomic E-state index is 13.3. The Morgan fingerprint density at radius 2 is 1.47 bits per heavy atom. The van der Waals surface area contributed by atoms with Crippen LogP contribution in [0.3, 0.4) is 0 Å². The Kier molecular flexibility index (Phi) is 11.8. The highest BCUT2D eigenvalue weighted by molar-refractivity contribution is 5.88. The number of rotatable bonds is 8. The second-order valence-electron chi connectivity index (χ2n) is 9.58. The first-order valence-corrected chi connectivity index (χ1v) is 12.3.